The zero-order chi connectivity index (χ0) is 21.1. The molecule has 0 aliphatic carbocycles. The van der Waals surface area contributed by atoms with Crippen LogP contribution in [0.2, 0.25) is 0 Å². The highest BCUT2D eigenvalue weighted by molar-refractivity contribution is 5.79. The fourth-order valence-electron chi connectivity index (χ4n) is 3.51. The minimum absolute atomic E-state index is 0.165. The van der Waals surface area contributed by atoms with Crippen molar-refractivity contribution in [3.63, 3.8) is 0 Å². The van der Waals surface area contributed by atoms with Crippen LogP contribution in [-0.4, -0.2) is 24.2 Å². The SMILES string of the molecule is [C-]#[N+]c1ccc(-c2ccccc2)cc1N1CC[C@H](Oc2ccc(C(F)(F)F)cn2)C1. The number of halogens is 3. The van der Waals surface area contributed by atoms with Crippen LogP contribution in [0.25, 0.3) is 16.0 Å². The van der Waals surface area contributed by atoms with Crippen molar-refractivity contribution in [2.45, 2.75) is 18.7 Å². The average Bonchev–Trinajstić information content (AvgIpc) is 3.22. The third-order valence-electron chi connectivity index (χ3n) is 5.04. The van der Waals surface area contributed by atoms with Crippen molar-refractivity contribution in [3.05, 3.63) is 83.8 Å². The van der Waals surface area contributed by atoms with Gasteiger partial charge < -0.3 is 9.64 Å². The molecule has 0 bridgehead atoms. The summed E-state index contributed by atoms with van der Waals surface area (Å²) in [5.74, 6) is 0.165. The standard InChI is InChI=1S/C23H18F3N3O/c1-27-20-9-7-17(16-5-3-2-4-6-16)13-21(20)29-12-11-19(15-29)30-22-10-8-18(14-28-22)23(24,25)26/h2-10,13-14,19H,11-12,15H2/t19-/m0/s1. The van der Waals surface area contributed by atoms with Crippen molar-refractivity contribution in [1.29, 1.82) is 0 Å². The number of ether oxygens (including phenoxy) is 1. The molecule has 0 N–H and O–H groups in total. The predicted molar refractivity (Wildman–Crippen MR) is 109 cm³/mol. The van der Waals surface area contributed by atoms with E-state index in [2.05, 4.69) is 14.7 Å². The first-order valence-corrected chi connectivity index (χ1v) is 9.46. The number of alkyl halides is 3. The smallest absolute Gasteiger partial charge is 0.417 e. The van der Waals surface area contributed by atoms with Crippen LogP contribution in [-0.2, 0) is 6.18 Å². The molecule has 2 heterocycles. The van der Waals surface area contributed by atoms with Crippen LogP contribution in [0.3, 0.4) is 0 Å². The first kappa shape index (κ1) is 19.8. The molecule has 0 amide bonds. The Morgan fingerprint density at radius 2 is 1.83 bits per heavy atom. The molecule has 4 rings (SSSR count). The van der Waals surface area contributed by atoms with Crippen molar-refractivity contribution < 1.29 is 17.9 Å². The normalized spacial score (nSPS) is 16.3. The molecule has 0 radical (unpaired) electrons. The topological polar surface area (TPSA) is 29.7 Å². The number of hydrogen-bond donors (Lipinski definition) is 0. The lowest BCUT2D eigenvalue weighted by Crippen LogP contribution is -2.24. The van der Waals surface area contributed by atoms with E-state index >= 15 is 0 Å². The van der Waals surface area contributed by atoms with Gasteiger partial charge in [-0.15, -0.1) is 0 Å². The third kappa shape index (κ3) is 4.23. The molecule has 152 valence electrons. The largest absolute Gasteiger partial charge is 0.472 e. The molecule has 1 atom stereocenters. The maximum absolute atomic E-state index is 12.7. The molecule has 2 aromatic carbocycles. The van der Waals surface area contributed by atoms with E-state index in [1.807, 2.05) is 48.5 Å². The lowest BCUT2D eigenvalue weighted by Gasteiger charge is -2.21. The van der Waals surface area contributed by atoms with E-state index in [0.717, 1.165) is 29.1 Å². The summed E-state index contributed by atoms with van der Waals surface area (Å²) < 4.78 is 43.8. The molecular weight excluding hydrogens is 391 g/mol. The zero-order valence-electron chi connectivity index (χ0n) is 15.9. The van der Waals surface area contributed by atoms with Gasteiger partial charge in [-0.05, 0) is 23.3 Å². The van der Waals surface area contributed by atoms with Crippen LogP contribution < -0.4 is 9.64 Å². The highest BCUT2D eigenvalue weighted by Gasteiger charge is 2.31. The second kappa shape index (κ2) is 8.07. The molecular formula is C23H18F3N3O. The fraction of sp³-hybridized carbons (Fsp3) is 0.217. The van der Waals surface area contributed by atoms with E-state index < -0.39 is 11.7 Å². The Kier molecular flexibility index (Phi) is 5.32. The molecule has 0 saturated carbocycles. The van der Waals surface area contributed by atoms with Crippen molar-refractivity contribution in [2.24, 2.45) is 0 Å². The average molecular weight is 409 g/mol. The van der Waals surface area contributed by atoms with Crippen molar-refractivity contribution in [2.75, 3.05) is 18.0 Å². The summed E-state index contributed by atoms with van der Waals surface area (Å²) in [7, 11) is 0. The zero-order valence-corrected chi connectivity index (χ0v) is 15.9. The first-order valence-electron chi connectivity index (χ1n) is 9.46. The molecule has 4 nitrogen and oxygen atoms in total. The second-order valence-corrected chi connectivity index (χ2v) is 7.04. The minimum Gasteiger partial charge on any atom is -0.472 e. The molecule has 1 saturated heterocycles. The summed E-state index contributed by atoms with van der Waals surface area (Å²) in [6.45, 7) is 8.71. The molecule has 7 heteroatoms. The Labute approximate surface area is 172 Å². The number of nitrogens with zero attached hydrogens (tertiary/aromatic N) is 3. The third-order valence-corrected chi connectivity index (χ3v) is 5.04. The number of rotatable bonds is 4. The van der Waals surface area contributed by atoms with E-state index in [0.29, 0.717) is 25.2 Å². The van der Waals surface area contributed by atoms with Gasteiger partial charge in [0.15, 0.2) is 0 Å². The Morgan fingerprint density at radius 1 is 1.03 bits per heavy atom. The fourth-order valence-corrected chi connectivity index (χ4v) is 3.51. The quantitative estimate of drug-likeness (QED) is 0.497. The van der Waals surface area contributed by atoms with Crippen LogP contribution in [0.15, 0.2) is 66.9 Å². The van der Waals surface area contributed by atoms with Crippen molar-refractivity contribution in [1.82, 2.24) is 4.98 Å². The van der Waals surface area contributed by atoms with Crippen LogP contribution >= 0.6 is 0 Å². The predicted octanol–water partition coefficient (Wildman–Crippen LogP) is 5.98. The van der Waals surface area contributed by atoms with E-state index in [-0.39, 0.29) is 12.0 Å². The maximum Gasteiger partial charge on any atom is 0.417 e. The van der Waals surface area contributed by atoms with E-state index in [4.69, 9.17) is 11.3 Å². The Hall–Kier alpha value is -3.53. The summed E-state index contributed by atoms with van der Waals surface area (Å²) >= 11 is 0. The van der Waals surface area contributed by atoms with Gasteiger partial charge in [0.25, 0.3) is 0 Å². The van der Waals surface area contributed by atoms with Gasteiger partial charge in [-0.3, -0.25) is 0 Å². The van der Waals surface area contributed by atoms with Gasteiger partial charge >= 0.3 is 6.18 Å². The van der Waals surface area contributed by atoms with Gasteiger partial charge in [0.05, 0.1) is 18.7 Å². The van der Waals surface area contributed by atoms with Gasteiger partial charge in [0.2, 0.25) is 11.6 Å². The number of anilines is 1. The number of benzene rings is 2. The number of pyridine rings is 1. The van der Waals surface area contributed by atoms with Gasteiger partial charge in [0.1, 0.15) is 6.10 Å². The Morgan fingerprint density at radius 3 is 2.50 bits per heavy atom. The van der Waals surface area contributed by atoms with E-state index in [1.165, 1.54) is 6.07 Å². The van der Waals surface area contributed by atoms with Crippen LogP contribution in [0.4, 0.5) is 24.5 Å². The Bertz CT molecular complexity index is 1060. The number of aromatic nitrogens is 1. The summed E-state index contributed by atoms with van der Waals surface area (Å²) in [5.41, 5.74) is 2.67. The van der Waals surface area contributed by atoms with Crippen LogP contribution in [0.1, 0.15) is 12.0 Å². The summed E-state index contributed by atoms with van der Waals surface area (Å²) in [6, 6.07) is 17.9. The summed E-state index contributed by atoms with van der Waals surface area (Å²) in [4.78, 5) is 9.50. The van der Waals surface area contributed by atoms with Gasteiger partial charge in [0, 0.05) is 30.9 Å². The van der Waals surface area contributed by atoms with Crippen molar-refractivity contribution >= 4 is 11.4 Å². The molecule has 30 heavy (non-hydrogen) atoms. The lowest BCUT2D eigenvalue weighted by atomic mass is 10.0. The highest BCUT2D eigenvalue weighted by atomic mass is 19.4. The molecule has 0 spiro atoms. The monoisotopic (exact) mass is 409 g/mol. The molecule has 1 aliphatic heterocycles. The second-order valence-electron chi connectivity index (χ2n) is 7.04. The maximum atomic E-state index is 12.7. The lowest BCUT2D eigenvalue weighted by molar-refractivity contribution is -0.137. The number of hydrogen-bond acceptors (Lipinski definition) is 3. The highest BCUT2D eigenvalue weighted by Crippen LogP contribution is 2.36. The summed E-state index contributed by atoms with van der Waals surface area (Å²) in [6.07, 6.45) is -3.17. The molecule has 3 aromatic rings. The van der Waals surface area contributed by atoms with Gasteiger partial charge in [-0.25, -0.2) is 9.83 Å². The van der Waals surface area contributed by atoms with Crippen LogP contribution in [0, 0.1) is 6.57 Å². The van der Waals surface area contributed by atoms with Crippen LogP contribution in [0.5, 0.6) is 5.88 Å². The molecule has 0 unspecified atom stereocenters. The molecule has 1 aliphatic rings. The summed E-state index contributed by atoms with van der Waals surface area (Å²) in [5, 5.41) is 0. The first-order chi connectivity index (χ1) is 14.4. The minimum atomic E-state index is -4.42. The van der Waals surface area contributed by atoms with Gasteiger partial charge in [-0.1, -0.05) is 42.5 Å². The van der Waals surface area contributed by atoms with E-state index in [1.54, 1.807) is 0 Å². The molecule has 1 aromatic heterocycles. The molecule has 1 fully saturated rings. The van der Waals surface area contributed by atoms with Crippen molar-refractivity contribution in [3.8, 4) is 17.0 Å². The van der Waals surface area contributed by atoms with Gasteiger partial charge in [-0.2, -0.15) is 13.2 Å². The van der Waals surface area contributed by atoms with E-state index in [9.17, 15) is 13.2 Å². The Balaban J connectivity index is 1.49.